The molecule has 3 heterocycles. The van der Waals surface area contributed by atoms with Crippen molar-refractivity contribution in [3.63, 3.8) is 0 Å². The molecule has 4 rings (SSSR count). The van der Waals surface area contributed by atoms with Crippen LogP contribution in [0.15, 0.2) is 59.5 Å². The molecule has 25 heavy (non-hydrogen) atoms. The second-order valence-corrected chi connectivity index (χ2v) is 5.59. The van der Waals surface area contributed by atoms with Gasteiger partial charge in [0.25, 0.3) is 5.56 Å². The Morgan fingerprint density at radius 2 is 1.60 bits per heavy atom. The van der Waals surface area contributed by atoms with E-state index in [2.05, 4.69) is 9.97 Å². The van der Waals surface area contributed by atoms with Gasteiger partial charge in [0.2, 0.25) is 0 Å². The van der Waals surface area contributed by atoms with Crippen LogP contribution >= 0.6 is 0 Å². The molecule has 1 aromatic carbocycles. The Morgan fingerprint density at radius 3 is 2.32 bits per heavy atom. The molecule has 0 bridgehead atoms. The van der Waals surface area contributed by atoms with Crippen molar-refractivity contribution >= 4 is 11.2 Å². The predicted octanol–water partition coefficient (Wildman–Crippen LogP) is 2.29. The van der Waals surface area contributed by atoms with Crippen molar-refractivity contribution in [3.8, 4) is 23.1 Å². The van der Waals surface area contributed by atoms with Crippen molar-refractivity contribution in [2.75, 3.05) is 0 Å². The third-order valence-electron chi connectivity index (χ3n) is 3.96. The molecule has 124 valence electrons. The van der Waals surface area contributed by atoms with E-state index in [-0.39, 0.29) is 17.3 Å². The van der Waals surface area contributed by atoms with Crippen molar-refractivity contribution in [2.45, 2.75) is 6.92 Å². The molecule has 0 aliphatic heterocycles. The van der Waals surface area contributed by atoms with Gasteiger partial charge >= 0.3 is 0 Å². The lowest BCUT2D eigenvalue weighted by Gasteiger charge is -2.13. The van der Waals surface area contributed by atoms with Gasteiger partial charge < -0.3 is 10.2 Å². The van der Waals surface area contributed by atoms with Gasteiger partial charge in [-0.25, -0.2) is 9.97 Å². The van der Waals surface area contributed by atoms with E-state index in [1.165, 1.54) is 21.3 Å². The third kappa shape index (κ3) is 2.33. The van der Waals surface area contributed by atoms with E-state index >= 15 is 0 Å². The number of pyridine rings is 1. The molecule has 0 atom stereocenters. The summed E-state index contributed by atoms with van der Waals surface area (Å²) < 4.78 is 2.75. The van der Waals surface area contributed by atoms with Gasteiger partial charge in [0.15, 0.2) is 17.4 Å². The lowest BCUT2D eigenvalue weighted by atomic mass is 10.2. The number of aromatic nitrogens is 4. The van der Waals surface area contributed by atoms with Crippen LogP contribution in [0.4, 0.5) is 0 Å². The lowest BCUT2D eigenvalue weighted by molar-refractivity contribution is 0.402. The molecular formula is C18H14N4O3. The van der Waals surface area contributed by atoms with Crippen LogP contribution in [-0.2, 0) is 0 Å². The SMILES string of the molecule is Cc1nc2cccnc2n(-c2cccc(-n3c(O)ccc3O)c2)c1=O. The summed E-state index contributed by atoms with van der Waals surface area (Å²) in [6.07, 6.45) is 1.60. The number of hydrogen-bond acceptors (Lipinski definition) is 5. The van der Waals surface area contributed by atoms with Crippen molar-refractivity contribution in [1.29, 1.82) is 0 Å². The largest absolute Gasteiger partial charge is 0.494 e. The van der Waals surface area contributed by atoms with E-state index in [0.29, 0.717) is 28.2 Å². The predicted molar refractivity (Wildman–Crippen MR) is 92.5 cm³/mol. The molecule has 0 aliphatic carbocycles. The van der Waals surface area contributed by atoms with Gasteiger partial charge in [-0.05, 0) is 37.3 Å². The Kier molecular flexibility index (Phi) is 3.28. The second-order valence-electron chi connectivity index (χ2n) is 5.59. The zero-order chi connectivity index (χ0) is 17.6. The fourth-order valence-corrected chi connectivity index (χ4v) is 2.83. The van der Waals surface area contributed by atoms with Gasteiger partial charge in [-0.15, -0.1) is 0 Å². The summed E-state index contributed by atoms with van der Waals surface area (Å²) in [5.74, 6) is -0.202. The summed E-state index contributed by atoms with van der Waals surface area (Å²) in [5.41, 5.74) is 2.21. The van der Waals surface area contributed by atoms with Gasteiger partial charge in [-0.1, -0.05) is 6.07 Å². The summed E-state index contributed by atoms with van der Waals surface area (Å²) >= 11 is 0. The topological polar surface area (TPSA) is 93.2 Å². The number of rotatable bonds is 2. The Bertz CT molecular complexity index is 1140. The Morgan fingerprint density at radius 1 is 0.920 bits per heavy atom. The van der Waals surface area contributed by atoms with Crippen LogP contribution in [0.2, 0.25) is 0 Å². The summed E-state index contributed by atoms with van der Waals surface area (Å²) in [5, 5.41) is 19.9. The Hall–Kier alpha value is -3.61. The van der Waals surface area contributed by atoms with Crippen LogP contribution in [0.3, 0.4) is 0 Å². The van der Waals surface area contributed by atoms with Gasteiger partial charge in [0.05, 0.1) is 11.4 Å². The van der Waals surface area contributed by atoms with Crippen molar-refractivity contribution in [2.24, 2.45) is 0 Å². The van der Waals surface area contributed by atoms with Crippen molar-refractivity contribution < 1.29 is 10.2 Å². The number of aromatic hydroxyl groups is 2. The smallest absolute Gasteiger partial charge is 0.278 e. The summed E-state index contributed by atoms with van der Waals surface area (Å²) in [7, 11) is 0. The van der Waals surface area contributed by atoms with E-state index in [1.54, 1.807) is 49.5 Å². The molecule has 0 saturated heterocycles. The molecule has 3 aromatic heterocycles. The first-order chi connectivity index (χ1) is 12.1. The van der Waals surface area contributed by atoms with Crippen LogP contribution in [0.1, 0.15) is 5.69 Å². The molecule has 0 fully saturated rings. The number of nitrogens with zero attached hydrogens (tertiary/aromatic N) is 4. The fourth-order valence-electron chi connectivity index (χ4n) is 2.83. The standard InChI is InChI=1S/C18H14N4O3/c1-11-18(25)22(17-14(20-11)6-3-9-19-17)13-5-2-4-12(10-13)21-15(23)7-8-16(21)24/h2-10,23-24H,1H3. The molecule has 7 nitrogen and oxygen atoms in total. The maximum Gasteiger partial charge on any atom is 0.278 e. The summed E-state index contributed by atoms with van der Waals surface area (Å²) in [6.45, 7) is 1.65. The van der Waals surface area contributed by atoms with Gasteiger partial charge in [0, 0.05) is 18.3 Å². The monoisotopic (exact) mass is 334 g/mol. The average Bonchev–Trinajstić information content (AvgIpc) is 2.95. The lowest BCUT2D eigenvalue weighted by Crippen LogP contribution is -2.23. The molecule has 7 heteroatoms. The first kappa shape index (κ1) is 14.9. The van der Waals surface area contributed by atoms with Crippen molar-refractivity contribution in [3.05, 3.63) is 70.8 Å². The Labute approximate surface area is 142 Å². The number of benzene rings is 1. The summed E-state index contributed by atoms with van der Waals surface area (Å²) in [4.78, 5) is 21.2. The molecule has 2 N–H and O–H groups in total. The van der Waals surface area contributed by atoms with E-state index in [0.717, 1.165) is 0 Å². The molecule has 0 radical (unpaired) electrons. The third-order valence-corrected chi connectivity index (χ3v) is 3.96. The maximum absolute atomic E-state index is 12.7. The van der Waals surface area contributed by atoms with E-state index in [9.17, 15) is 15.0 Å². The van der Waals surface area contributed by atoms with Gasteiger partial charge in [0.1, 0.15) is 11.2 Å². The van der Waals surface area contributed by atoms with Crippen molar-refractivity contribution in [1.82, 2.24) is 19.1 Å². The minimum atomic E-state index is -0.274. The minimum absolute atomic E-state index is 0.101. The molecular weight excluding hydrogens is 320 g/mol. The van der Waals surface area contributed by atoms with Crippen LogP contribution in [0.5, 0.6) is 11.8 Å². The second kappa shape index (κ2) is 5.48. The molecule has 0 saturated carbocycles. The molecule has 4 aromatic rings. The van der Waals surface area contributed by atoms with E-state index in [1.807, 2.05) is 0 Å². The number of hydrogen-bond donors (Lipinski definition) is 2. The van der Waals surface area contributed by atoms with Crippen LogP contribution in [0, 0.1) is 6.92 Å². The molecule has 0 unspecified atom stereocenters. The molecule has 0 amide bonds. The van der Waals surface area contributed by atoms with Crippen LogP contribution in [0.25, 0.3) is 22.5 Å². The zero-order valence-corrected chi connectivity index (χ0v) is 13.3. The normalized spacial score (nSPS) is 11.1. The van der Waals surface area contributed by atoms with E-state index in [4.69, 9.17) is 0 Å². The van der Waals surface area contributed by atoms with Crippen LogP contribution in [-0.4, -0.2) is 29.3 Å². The zero-order valence-electron chi connectivity index (χ0n) is 13.3. The first-order valence-corrected chi connectivity index (χ1v) is 7.61. The highest BCUT2D eigenvalue weighted by Gasteiger charge is 2.13. The summed E-state index contributed by atoms with van der Waals surface area (Å²) in [6, 6.07) is 13.2. The highest BCUT2D eigenvalue weighted by atomic mass is 16.3. The highest BCUT2D eigenvalue weighted by molar-refractivity contribution is 5.72. The average molecular weight is 334 g/mol. The molecule has 0 spiro atoms. The highest BCUT2D eigenvalue weighted by Crippen LogP contribution is 2.27. The van der Waals surface area contributed by atoms with Gasteiger partial charge in [-0.3, -0.25) is 13.9 Å². The maximum atomic E-state index is 12.7. The quantitative estimate of drug-likeness (QED) is 0.587. The Balaban J connectivity index is 2.01. The van der Waals surface area contributed by atoms with Gasteiger partial charge in [-0.2, -0.15) is 0 Å². The minimum Gasteiger partial charge on any atom is -0.494 e. The number of aryl methyl sites for hydroxylation is 1. The van der Waals surface area contributed by atoms with E-state index < -0.39 is 0 Å². The number of fused-ring (bicyclic) bond motifs is 1. The molecule has 0 aliphatic rings. The fraction of sp³-hybridized carbons (Fsp3) is 0.0556. The first-order valence-electron chi connectivity index (χ1n) is 7.61. The van der Waals surface area contributed by atoms with Crippen LogP contribution < -0.4 is 5.56 Å².